The summed E-state index contributed by atoms with van der Waals surface area (Å²) in [6, 6.07) is 12.4. The fourth-order valence-corrected chi connectivity index (χ4v) is 3.07. The highest BCUT2D eigenvalue weighted by molar-refractivity contribution is 6.30. The molecule has 0 spiro atoms. The van der Waals surface area contributed by atoms with E-state index in [9.17, 15) is 14.0 Å². The average Bonchev–Trinajstić information content (AvgIpc) is 2.82. The summed E-state index contributed by atoms with van der Waals surface area (Å²) in [5.41, 5.74) is -0.194. The lowest BCUT2D eigenvalue weighted by Gasteiger charge is -2.26. The van der Waals surface area contributed by atoms with Gasteiger partial charge in [0.2, 0.25) is 0 Å². The topological polar surface area (TPSA) is 49.4 Å². The lowest BCUT2D eigenvalue weighted by atomic mass is 9.87. The predicted octanol–water partition coefficient (Wildman–Crippen LogP) is 3.84. The molecule has 2 aromatic rings. The number of imide groups is 1. The number of hydrogen-bond donors (Lipinski definition) is 1. The van der Waals surface area contributed by atoms with Gasteiger partial charge in [-0.2, -0.15) is 0 Å². The Morgan fingerprint density at radius 3 is 2.42 bits per heavy atom. The van der Waals surface area contributed by atoms with E-state index in [2.05, 4.69) is 5.32 Å². The second-order valence-electron chi connectivity index (χ2n) is 5.68. The highest BCUT2D eigenvalue weighted by Gasteiger charge is 2.51. The van der Waals surface area contributed by atoms with Crippen LogP contribution in [0.4, 0.5) is 9.18 Å². The molecule has 1 atom stereocenters. The van der Waals surface area contributed by atoms with E-state index >= 15 is 0 Å². The van der Waals surface area contributed by atoms with E-state index in [1.807, 2.05) is 6.92 Å². The quantitative estimate of drug-likeness (QED) is 0.855. The lowest BCUT2D eigenvalue weighted by molar-refractivity contribution is -0.132. The number of rotatable bonds is 4. The van der Waals surface area contributed by atoms with E-state index in [-0.39, 0.29) is 12.5 Å². The van der Waals surface area contributed by atoms with Gasteiger partial charge in [0, 0.05) is 10.6 Å². The first-order chi connectivity index (χ1) is 11.5. The Kier molecular flexibility index (Phi) is 4.28. The number of urea groups is 1. The molecule has 0 bridgehead atoms. The molecule has 1 saturated heterocycles. The summed E-state index contributed by atoms with van der Waals surface area (Å²) in [5.74, 6) is -0.834. The number of hydrogen-bond acceptors (Lipinski definition) is 2. The van der Waals surface area contributed by atoms with Gasteiger partial charge in [0.1, 0.15) is 11.4 Å². The fraction of sp³-hybridized carbons (Fsp3) is 0.222. The van der Waals surface area contributed by atoms with Crippen LogP contribution in [0.25, 0.3) is 0 Å². The molecular weight excluding hydrogens is 331 g/mol. The molecule has 6 heteroatoms. The van der Waals surface area contributed by atoms with Crippen LogP contribution in [0.2, 0.25) is 5.02 Å². The van der Waals surface area contributed by atoms with E-state index in [4.69, 9.17) is 11.6 Å². The molecule has 3 amide bonds. The number of halogens is 2. The smallest absolute Gasteiger partial charge is 0.319 e. The van der Waals surface area contributed by atoms with E-state index in [0.29, 0.717) is 22.6 Å². The standard InChI is InChI=1S/C18H16ClFN2O2/c1-2-18(13-7-9-14(19)10-8-13)16(23)22(17(24)21-18)11-12-5-3-4-6-15(12)20/h3-10H,2,11H2,1H3,(H,21,24)/t18-/m0/s1. The molecule has 0 unspecified atom stereocenters. The molecule has 124 valence electrons. The summed E-state index contributed by atoms with van der Waals surface area (Å²) in [4.78, 5) is 26.4. The van der Waals surface area contributed by atoms with Crippen molar-refractivity contribution in [1.29, 1.82) is 0 Å². The molecule has 3 rings (SSSR count). The number of nitrogens with zero attached hydrogens (tertiary/aromatic N) is 1. The molecule has 1 aliphatic heterocycles. The second-order valence-corrected chi connectivity index (χ2v) is 6.12. The predicted molar refractivity (Wildman–Crippen MR) is 88.9 cm³/mol. The molecule has 0 aromatic heterocycles. The Labute approximate surface area is 144 Å². The molecule has 0 radical (unpaired) electrons. The van der Waals surface area contributed by atoms with Gasteiger partial charge in [0.25, 0.3) is 5.91 Å². The summed E-state index contributed by atoms with van der Waals surface area (Å²) in [7, 11) is 0. The van der Waals surface area contributed by atoms with Crippen LogP contribution in [0.1, 0.15) is 24.5 Å². The van der Waals surface area contributed by atoms with E-state index in [0.717, 1.165) is 4.90 Å². The highest BCUT2D eigenvalue weighted by atomic mass is 35.5. The molecule has 0 saturated carbocycles. The maximum Gasteiger partial charge on any atom is 0.325 e. The third kappa shape index (κ3) is 2.65. The molecule has 1 heterocycles. The van der Waals surface area contributed by atoms with E-state index in [1.54, 1.807) is 42.5 Å². The van der Waals surface area contributed by atoms with Crippen LogP contribution in [0.3, 0.4) is 0 Å². The van der Waals surface area contributed by atoms with Gasteiger partial charge in [0.15, 0.2) is 0 Å². The third-order valence-corrected chi connectivity index (χ3v) is 4.58. The summed E-state index contributed by atoms with van der Waals surface area (Å²) in [5, 5.41) is 3.31. The normalized spacial score (nSPS) is 20.4. The summed E-state index contributed by atoms with van der Waals surface area (Å²) in [6.45, 7) is 1.71. The lowest BCUT2D eigenvalue weighted by Crippen LogP contribution is -2.43. The Balaban J connectivity index is 1.95. The monoisotopic (exact) mass is 346 g/mol. The molecule has 2 aromatic carbocycles. The Bertz CT molecular complexity index is 794. The average molecular weight is 347 g/mol. The van der Waals surface area contributed by atoms with Gasteiger partial charge < -0.3 is 5.32 Å². The molecular formula is C18H16ClFN2O2. The van der Waals surface area contributed by atoms with E-state index in [1.165, 1.54) is 6.07 Å². The largest absolute Gasteiger partial charge is 0.325 e. The first-order valence-corrected chi connectivity index (χ1v) is 7.99. The van der Waals surface area contributed by atoms with Gasteiger partial charge in [-0.05, 0) is 30.2 Å². The van der Waals surface area contributed by atoms with Crippen molar-refractivity contribution in [2.24, 2.45) is 0 Å². The van der Waals surface area contributed by atoms with Gasteiger partial charge in [0.05, 0.1) is 6.54 Å². The number of carbonyl (C=O) groups excluding carboxylic acids is 2. The zero-order valence-corrected chi connectivity index (χ0v) is 13.8. The SMILES string of the molecule is CC[C@@]1(c2ccc(Cl)cc2)NC(=O)N(Cc2ccccc2F)C1=O. The van der Waals surface area contributed by atoms with Crippen LogP contribution in [0, 0.1) is 5.82 Å². The molecule has 0 aliphatic carbocycles. The summed E-state index contributed by atoms with van der Waals surface area (Å²) in [6.07, 6.45) is 0.382. The molecule has 4 nitrogen and oxygen atoms in total. The van der Waals surface area contributed by atoms with Gasteiger partial charge >= 0.3 is 6.03 Å². The zero-order chi connectivity index (χ0) is 17.3. The summed E-state index contributed by atoms with van der Waals surface area (Å²) >= 11 is 5.90. The minimum Gasteiger partial charge on any atom is -0.319 e. The number of carbonyl (C=O) groups is 2. The van der Waals surface area contributed by atoms with Crippen molar-refractivity contribution in [2.45, 2.75) is 25.4 Å². The Morgan fingerprint density at radius 2 is 1.79 bits per heavy atom. The fourth-order valence-electron chi connectivity index (χ4n) is 2.94. The number of amides is 3. The van der Waals surface area contributed by atoms with Crippen molar-refractivity contribution in [2.75, 3.05) is 0 Å². The molecule has 1 fully saturated rings. The Morgan fingerprint density at radius 1 is 1.12 bits per heavy atom. The maximum atomic E-state index is 13.9. The van der Waals surface area contributed by atoms with Gasteiger partial charge in [-0.3, -0.25) is 9.69 Å². The second kappa shape index (κ2) is 6.24. The van der Waals surface area contributed by atoms with Crippen molar-refractivity contribution in [3.63, 3.8) is 0 Å². The number of benzene rings is 2. The van der Waals surface area contributed by atoms with Gasteiger partial charge in [-0.1, -0.05) is 48.9 Å². The third-order valence-electron chi connectivity index (χ3n) is 4.33. The highest BCUT2D eigenvalue weighted by Crippen LogP contribution is 2.34. The van der Waals surface area contributed by atoms with Crippen LogP contribution in [-0.2, 0) is 16.9 Å². The first kappa shape index (κ1) is 16.5. The summed E-state index contributed by atoms with van der Waals surface area (Å²) < 4.78 is 13.9. The van der Waals surface area contributed by atoms with Gasteiger partial charge in [-0.15, -0.1) is 0 Å². The van der Waals surface area contributed by atoms with Crippen LogP contribution in [0.5, 0.6) is 0 Å². The van der Waals surface area contributed by atoms with Crippen LogP contribution in [-0.4, -0.2) is 16.8 Å². The Hall–Kier alpha value is -2.40. The zero-order valence-electron chi connectivity index (χ0n) is 13.1. The van der Waals surface area contributed by atoms with Crippen LogP contribution >= 0.6 is 11.6 Å². The maximum absolute atomic E-state index is 13.9. The van der Waals surface area contributed by atoms with Crippen molar-refractivity contribution in [3.8, 4) is 0 Å². The minimum atomic E-state index is -1.15. The van der Waals surface area contributed by atoms with Crippen molar-refractivity contribution in [3.05, 3.63) is 70.5 Å². The van der Waals surface area contributed by atoms with Crippen molar-refractivity contribution < 1.29 is 14.0 Å². The molecule has 1 aliphatic rings. The van der Waals surface area contributed by atoms with Crippen molar-refractivity contribution in [1.82, 2.24) is 10.2 Å². The van der Waals surface area contributed by atoms with Crippen LogP contribution < -0.4 is 5.32 Å². The van der Waals surface area contributed by atoms with Crippen LogP contribution in [0.15, 0.2) is 48.5 Å². The number of nitrogens with one attached hydrogen (secondary N) is 1. The first-order valence-electron chi connectivity index (χ1n) is 7.61. The van der Waals surface area contributed by atoms with E-state index < -0.39 is 17.4 Å². The minimum absolute atomic E-state index is 0.104. The molecule has 24 heavy (non-hydrogen) atoms. The van der Waals surface area contributed by atoms with Gasteiger partial charge in [-0.25, -0.2) is 9.18 Å². The molecule has 1 N–H and O–H groups in total. The van der Waals surface area contributed by atoms with Crippen molar-refractivity contribution >= 4 is 23.5 Å².